The van der Waals surface area contributed by atoms with Crippen LogP contribution in [0.2, 0.25) is 0 Å². The van der Waals surface area contributed by atoms with Crippen LogP contribution in [0.5, 0.6) is 11.6 Å². The largest absolute Gasteiger partial charge is 0.534 e. The Kier molecular flexibility index (Phi) is 9.31. The van der Waals surface area contributed by atoms with E-state index >= 15 is 4.39 Å². The maximum absolute atomic E-state index is 15.7. The Hall–Kier alpha value is -4.05. The number of thiophene rings is 1. The van der Waals surface area contributed by atoms with E-state index in [9.17, 15) is 30.8 Å². The first-order valence-electron chi connectivity index (χ1n) is 13.3. The van der Waals surface area contributed by atoms with Crippen LogP contribution in [0.25, 0.3) is 32.6 Å². The van der Waals surface area contributed by atoms with Crippen LogP contribution in [0.1, 0.15) is 45.9 Å². The first-order chi connectivity index (χ1) is 20.8. The number of hydrogen-bond acceptors (Lipinski definition) is 9. The standard InChI is InChI=1S/C29H28F5N3O6S2/c1-14(2)41-21-12-16(30)11-18(31)22(21)23-24(19-8-7-15(3)20(36-19)13-35-27(38)42-28(4,5)6)37-26(17-9-10-44-25(17)23)43-45(39,40)29(32,33)34/h7-12,14H,13H2,1-6H3,(H,35,38). The van der Waals surface area contributed by atoms with Gasteiger partial charge < -0.3 is 19.0 Å². The van der Waals surface area contributed by atoms with Gasteiger partial charge in [-0.25, -0.2) is 23.5 Å². The minimum Gasteiger partial charge on any atom is -0.490 e. The molecule has 3 aromatic heterocycles. The molecule has 1 N–H and O–H groups in total. The van der Waals surface area contributed by atoms with Gasteiger partial charge >= 0.3 is 21.7 Å². The number of fused-ring (bicyclic) bond motifs is 1. The van der Waals surface area contributed by atoms with E-state index in [0.29, 0.717) is 11.6 Å². The predicted molar refractivity (Wildman–Crippen MR) is 157 cm³/mol. The van der Waals surface area contributed by atoms with Crippen molar-refractivity contribution in [1.29, 1.82) is 0 Å². The zero-order valence-corrected chi connectivity index (χ0v) is 26.4. The molecule has 0 atom stereocenters. The number of carbonyl (C=O) groups is 1. The minimum absolute atomic E-state index is 0.0552. The summed E-state index contributed by atoms with van der Waals surface area (Å²) in [5.41, 5.74) is -6.41. The quantitative estimate of drug-likeness (QED) is 0.115. The SMILES string of the molecule is Cc1ccc(-c2nc(OS(=O)(=O)C(F)(F)F)c3ccsc3c2-c2c(F)cc(F)cc2OC(C)C)nc1CNC(=O)OC(C)(C)C. The molecule has 0 fully saturated rings. The van der Waals surface area contributed by atoms with E-state index in [1.54, 1.807) is 47.6 Å². The van der Waals surface area contributed by atoms with Gasteiger partial charge in [-0.2, -0.15) is 21.6 Å². The highest BCUT2D eigenvalue weighted by atomic mass is 32.2. The number of pyridine rings is 2. The number of alkyl halides is 3. The topological polar surface area (TPSA) is 117 Å². The molecule has 4 aromatic rings. The number of ether oxygens (including phenoxy) is 2. The number of hydrogen-bond donors (Lipinski definition) is 1. The van der Waals surface area contributed by atoms with Crippen molar-refractivity contribution in [2.75, 3.05) is 0 Å². The van der Waals surface area contributed by atoms with Crippen molar-refractivity contribution >= 4 is 37.6 Å². The highest BCUT2D eigenvalue weighted by Gasteiger charge is 2.49. The summed E-state index contributed by atoms with van der Waals surface area (Å²) in [6.07, 6.45) is -1.30. The lowest BCUT2D eigenvalue weighted by molar-refractivity contribution is -0.0500. The average Bonchev–Trinajstić information content (AvgIpc) is 3.37. The lowest BCUT2D eigenvalue weighted by Gasteiger charge is -2.20. The lowest BCUT2D eigenvalue weighted by atomic mass is 9.98. The van der Waals surface area contributed by atoms with Crippen molar-refractivity contribution in [3.8, 4) is 34.1 Å². The van der Waals surface area contributed by atoms with Crippen LogP contribution < -0.4 is 14.2 Å². The summed E-state index contributed by atoms with van der Waals surface area (Å²) < 4.78 is 110. The highest BCUT2D eigenvalue weighted by Crippen LogP contribution is 2.47. The van der Waals surface area contributed by atoms with E-state index in [0.717, 1.165) is 17.4 Å². The highest BCUT2D eigenvalue weighted by molar-refractivity contribution is 7.88. The molecular formula is C29H28F5N3O6S2. The van der Waals surface area contributed by atoms with E-state index in [1.807, 2.05) is 0 Å². The summed E-state index contributed by atoms with van der Waals surface area (Å²) in [4.78, 5) is 20.9. The van der Waals surface area contributed by atoms with Gasteiger partial charge in [0.2, 0.25) is 5.88 Å². The predicted octanol–water partition coefficient (Wildman–Crippen LogP) is 7.65. The van der Waals surface area contributed by atoms with Crippen LogP contribution in [0.3, 0.4) is 0 Å². The van der Waals surface area contributed by atoms with E-state index in [1.165, 1.54) is 17.5 Å². The number of nitrogens with one attached hydrogen (secondary N) is 1. The fourth-order valence-corrected chi connectivity index (χ4v) is 5.49. The smallest absolute Gasteiger partial charge is 0.490 e. The van der Waals surface area contributed by atoms with Crippen molar-refractivity contribution in [3.05, 3.63) is 58.6 Å². The fraction of sp³-hybridized carbons (Fsp3) is 0.345. The van der Waals surface area contributed by atoms with Gasteiger partial charge in [-0.3, -0.25) is 0 Å². The van der Waals surface area contributed by atoms with E-state index in [4.69, 9.17) is 9.47 Å². The molecule has 0 spiro atoms. The number of benzene rings is 1. The van der Waals surface area contributed by atoms with Gasteiger partial charge in [-0.05, 0) is 64.6 Å². The van der Waals surface area contributed by atoms with Crippen molar-refractivity contribution in [3.63, 3.8) is 0 Å². The van der Waals surface area contributed by atoms with Crippen LogP contribution >= 0.6 is 11.3 Å². The monoisotopic (exact) mass is 673 g/mol. The summed E-state index contributed by atoms with van der Waals surface area (Å²) >= 11 is 0.919. The Balaban J connectivity index is 2.00. The second-order valence-electron chi connectivity index (χ2n) is 11.0. The Morgan fingerprint density at radius 3 is 2.36 bits per heavy atom. The molecule has 1 aromatic carbocycles. The third-order valence-corrected chi connectivity index (χ3v) is 7.80. The van der Waals surface area contributed by atoms with Crippen molar-refractivity contribution in [2.45, 2.75) is 65.3 Å². The summed E-state index contributed by atoms with van der Waals surface area (Å²) in [6.45, 7) is 9.80. The number of halogens is 5. The Labute approximate surface area is 259 Å². The molecule has 3 heterocycles. The van der Waals surface area contributed by atoms with Crippen molar-refractivity contribution in [2.24, 2.45) is 0 Å². The zero-order valence-electron chi connectivity index (χ0n) is 24.8. The van der Waals surface area contributed by atoms with E-state index < -0.39 is 50.9 Å². The Morgan fingerprint density at radius 2 is 1.73 bits per heavy atom. The molecular weight excluding hydrogens is 645 g/mol. The van der Waals surface area contributed by atoms with Gasteiger partial charge in [0, 0.05) is 17.7 Å². The first-order valence-corrected chi connectivity index (χ1v) is 15.6. The van der Waals surface area contributed by atoms with Crippen molar-refractivity contribution in [1.82, 2.24) is 15.3 Å². The van der Waals surface area contributed by atoms with E-state index in [-0.39, 0.29) is 50.6 Å². The average molecular weight is 674 g/mol. The number of carbonyl (C=O) groups excluding carboxylic acids is 1. The van der Waals surface area contributed by atoms with Crippen LogP contribution in [-0.2, 0) is 21.4 Å². The molecule has 0 unspecified atom stereocenters. The number of aromatic nitrogens is 2. The lowest BCUT2D eigenvalue weighted by Crippen LogP contribution is -2.32. The van der Waals surface area contributed by atoms with Gasteiger partial charge in [0.15, 0.2) is 0 Å². The molecule has 45 heavy (non-hydrogen) atoms. The molecule has 242 valence electrons. The summed E-state index contributed by atoms with van der Waals surface area (Å²) in [5, 5.41) is 3.78. The second-order valence-corrected chi connectivity index (χ2v) is 13.5. The third kappa shape index (κ3) is 7.61. The molecule has 16 heteroatoms. The second kappa shape index (κ2) is 12.4. The van der Waals surface area contributed by atoms with Crippen LogP contribution in [-0.4, -0.2) is 41.7 Å². The van der Waals surface area contributed by atoms with Gasteiger partial charge in [0.1, 0.15) is 28.7 Å². The van der Waals surface area contributed by atoms with Crippen LogP contribution in [0, 0.1) is 18.6 Å². The van der Waals surface area contributed by atoms with Crippen LogP contribution in [0.15, 0.2) is 35.7 Å². The molecule has 9 nitrogen and oxygen atoms in total. The molecule has 0 saturated heterocycles. The minimum atomic E-state index is -6.17. The van der Waals surface area contributed by atoms with Gasteiger partial charge in [-0.1, -0.05) is 6.07 Å². The fourth-order valence-electron chi connectivity index (χ4n) is 4.12. The number of aryl methyl sites for hydroxylation is 1. The molecule has 0 saturated carbocycles. The Morgan fingerprint density at radius 1 is 1.04 bits per heavy atom. The summed E-state index contributed by atoms with van der Waals surface area (Å²) in [6, 6.07) is 5.79. The molecule has 0 aliphatic rings. The molecule has 1 amide bonds. The number of rotatable bonds is 8. The van der Waals surface area contributed by atoms with E-state index in [2.05, 4.69) is 19.5 Å². The third-order valence-electron chi connectivity index (χ3n) is 5.92. The molecule has 0 aliphatic carbocycles. The Bertz CT molecular complexity index is 1870. The van der Waals surface area contributed by atoms with Crippen molar-refractivity contribution < 1.29 is 48.8 Å². The zero-order chi connectivity index (χ0) is 33.5. The maximum atomic E-state index is 15.7. The molecule has 0 aliphatic heterocycles. The summed E-state index contributed by atoms with van der Waals surface area (Å²) in [5.74, 6) is -3.22. The molecule has 0 radical (unpaired) electrons. The molecule has 0 bridgehead atoms. The summed E-state index contributed by atoms with van der Waals surface area (Å²) in [7, 11) is -6.17. The number of nitrogens with zero attached hydrogens (tertiary/aromatic N) is 2. The first kappa shape index (κ1) is 33.8. The number of alkyl carbamates (subject to hydrolysis) is 1. The maximum Gasteiger partial charge on any atom is 0.534 e. The molecule has 4 rings (SSSR count). The van der Waals surface area contributed by atoms with Crippen LogP contribution in [0.4, 0.5) is 26.7 Å². The normalized spacial score (nSPS) is 12.4. The van der Waals surface area contributed by atoms with Gasteiger partial charge in [-0.15, -0.1) is 11.3 Å². The van der Waals surface area contributed by atoms with Gasteiger partial charge in [0.25, 0.3) is 0 Å². The van der Waals surface area contributed by atoms with Gasteiger partial charge in [0.05, 0.1) is 39.7 Å². The number of amides is 1.